The van der Waals surface area contributed by atoms with Crippen molar-refractivity contribution in [3.63, 3.8) is 0 Å². The number of para-hydroxylation sites is 2. The van der Waals surface area contributed by atoms with E-state index in [9.17, 15) is 9.59 Å². The number of hydrogen-bond donors (Lipinski definition) is 0. The van der Waals surface area contributed by atoms with Gasteiger partial charge in [0.25, 0.3) is 11.8 Å². The van der Waals surface area contributed by atoms with Crippen LogP contribution in [0.25, 0.3) is 11.8 Å². The normalized spacial score (nSPS) is 13.9. The third-order valence-corrected chi connectivity index (χ3v) is 6.04. The fourth-order valence-electron chi connectivity index (χ4n) is 3.92. The largest absolute Gasteiger partial charge is 0.497 e. The smallest absolute Gasteiger partial charge is 0.270 e. The van der Waals surface area contributed by atoms with E-state index in [1.165, 1.54) is 9.80 Å². The fourth-order valence-corrected chi connectivity index (χ4v) is 4.30. The summed E-state index contributed by atoms with van der Waals surface area (Å²) in [6, 6.07) is 27.7. The monoisotopic (exact) mass is 479 g/mol. The van der Waals surface area contributed by atoms with Crippen LogP contribution in [-0.2, 0) is 9.59 Å². The standard InChI is InChI=1S/C28H21N3O3S/c1-34-24-14-12-21(13-15-24)29-17-16-20(19-29)18-25-26(32)30(22-8-4-2-5-9-22)28(35)31(27(25)33)23-10-6-3-7-11-23/h2-19H,1H3. The van der Waals surface area contributed by atoms with Crippen LogP contribution >= 0.6 is 12.2 Å². The van der Waals surface area contributed by atoms with Crippen molar-refractivity contribution in [3.8, 4) is 11.4 Å². The van der Waals surface area contributed by atoms with Gasteiger partial charge in [-0.2, -0.15) is 0 Å². The van der Waals surface area contributed by atoms with Gasteiger partial charge in [-0.15, -0.1) is 0 Å². The first-order valence-electron chi connectivity index (χ1n) is 10.9. The molecule has 0 saturated carbocycles. The van der Waals surface area contributed by atoms with E-state index in [1.54, 1.807) is 37.5 Å². The molecule has 6 nitrogen and oxygen atoms in total. The molecule has 5 rings (SSSR count). The van der Waals surface area contributed by atoms with Gasteiger partial charge >= 0.3 is 0 Å². The molecule has 1 saturated heterocycles. The molecule has 0 radical (unpaired) electrons. The van der Waals surface area contributed by atoms with Crippen LogP contribution in [-0.4, -0.2) is 28.6 Å². The lowest BCUT2D eigenvalue weighted by Gasteiger charge is -2.36. The van der Waals surface area contributed by atoms with Crippen molar-refractivity contribution < 1.29 is 14.3 Å². The lowest BCUT2D eigenvalue weighted by molar-refractivity contribution is -0.120. The lowest BCUT2D eigenvalue weighted by Crippen LogP contribution is -2.56. The van der Waals surface area contributed by atoms with Gasteiger partial charge < -0.3 is 9.30 Å². The maximum atomic E-state index is 13.6. The zero-order chi connectivity index (χ0) is 24.4. The molecule has 1 fully saturated rings. The Balaban J connectivity index is 1.56. The first kappa shape index (κ1) is 22.3. The van der Waals surface area contributed by atoms with Crippen molar-refractivity contribution in [2.24, 2.45) is 0 Å². The van der Waals surface area contributed by atoms with E-state index < -0.39 is 11.8 Å². The summed E-state index contributed by atoms with van der Waals surface area (Å²) in [6.45, 7) is 0. The number of nitrogens with zero attached hydrogens (tertiary/aromatic N) is 3. The average molecular weight is 480 g/mol. The molecule has 172 valence electrons. The minimum atomic E-state index is -0.462. The quantitative estimate of drug-likeness (QED) is 0.223. The van der Waals surface area contributed by atoms with E-state index in [-0.39, 0.29) is 10.7 Å². The molecule has 2 amide bonds. The highest BCUT2D eigenvalue weighted by molar-refractivity contribution is 7.81. The van der Waals surface area contributed by atoms with Crippen molar-refractivity contribution in [3.05, 3.63) is 115 Å². The second-order valence-corrected chi connectivity index (χ2v) is 8.21. The van der Waals surface area contributed by atoms with Gasteiger partial charge in [0.2, 0.25) is 0 Å². The van der Waals surface area contributed by atoms with Crippen LogP contribution in [0, 0.1) is 0 Å². The number of benzene rings is 3. The van der Waals surface area contributed by atoms with Gasteiger partial charge in [-0.05, 0) is 78.5 Å². The Morgan fingerprint density at radius 3 is 1.77 bits per heavy atom. The summed E-state index contributed by atoms with van der Waals surface area (Å²) in [5, 5.41) is 0.116. The van der Waals surface area contributed by atoms with Crippen molar-refractivity contribution in [1.82, 2.24) is 4.57 Å². The summed E-state index contributed by atoms with van der Waals surface area (Å²) < 4.78 is 7.14. The second kappa shape index (κ2) is 9.40. The molecular formula is C28H21N3O3S. The summed E-state index contributed by atoms with van der Waals surface area (Å²) >= 11 is 5.64. The van der Waals surface area contributed by atoms with E-state index >= 15 is 0 Å². The Bertz CT molecular complexity index is 1360. The number of carbonyl (C=O) groups is 2. The van der Waals surface area contributed by atoms with Gasteiger partial charge in [-0.25, -0.2) is 0 Å². The van der Waals surface area contributed by atoms with Crippen molar-refractivity contribution in [2.45, 2.75) is 0 Å². The molecule has 1 aromatic heterocycles. The number of ether oxygens (including phenoxy) is 1. The lowest BCUT2D eigenvalue weighted by atomic mass is 10.1. The summed E-state index contributed by atoms with van der Waals surface area (Å²) in [4.78, 5) is 30.0. The number of rotatable bonds is 5. The Morgan fingerprint density at radius 1 is 0.714 bits per heavy atom. The van der Waals surface area contributed by atoms with Crippen molar-refractivity contribution >= 4 is 46.6 Å². The third kappa shape index (κ3) is 4.25. The number of hydrogen-bond acceptors (Lipinski definition) is 4. The molecular weight excluding hydrogens is 458 g/mol. The number of aromatic nitrogens is 1. The topological polar surface area (TPSA) is 54.8 Å². The highest BCUT2D eigenvalue weighted by Crippen LogP contribution is 2.30. The number of amides is 2. The first-order valence-corrected chi connectivity index (χ1v) is 11.3. The van der Waals surface area contributed by atoms with Crippen LogP contribution in [0.2, 0.25) is 0 Å². The molecule has 3 aromatic carbocycles. The van der Waals surface area contributed by atoms with Crippen LogP contribution in [0.5, 0.6) is 5.75 Å². The highest BCUT2D eigenvalue weighted by Gasteiger charge is 2.41. The Kier molecular flexibility index (Phi) is 5.99. The molecule has 0 atom stereocenters. The van der Waals surface area contributed by atoms with Gasteiger partial charge in [0.15, 0.2) is 5.11 Å². The van der Waals surface area contributed by atoms with E-state index in [2.05, 4.69) is 0 Å². The minimum Gasteiger partial charge on any atom is -0.497 e. The Morgan fingerprint density at radius 2 is 1.26 bits per heavy atom. The molecule has 0 unspecified atom stereocenters. The molecule has 0 aliphatic carbocycles. The van der Waals surface area contributed by atoms with E-state index in [0.29, 0.717) is 16.9 Å². The maximum Gasteiger partial charge on any atom is 0.270 e. The van der Waals surface area contributed by atoms with Gasteiger partial charge in [0.05, 0.1) is 18.5 Å². The zero-order valence-corrected chi connectivity index (χ0v) is 19.7. The number of anilines is 2. The van der Waals surface area contributed by atoms with Gasteiger partial charge in [0, 0.05) is 18.1 Å². The van der Waals surface area contributed by atoms with Crippen LogP contribution in [0.1, 0.15) is 5.56 Å². The number of carbonyl (C=O) groups excluding carboxylic acids is 2. The predicted octanol–water partition coefficient (Wildman–Crippen LogP) is 5.23. The predicted molar refractivity (Wildman–Crippen MR) is 141 cm³/mol. The highest BCUT2D eigenvalue weighted by atomic mass is 32.1. The van der Waals surface area contributed by atoms with E-state index in [0.717, 1.165) is 11.4 Å². The minimum absolute atomic E-state index is 0.0267. The Labute approximate surface area is 208 Å². The molecule has 0 bridgehead atoms. The fraction of sp³-hybridized carbons (Fsp3) is 0.0357. The summed E-state index contributed by atoms with van der Waals surface area (Å²) in [5.74, 6) is -0.161. The second-order valence-electron chi connectivity index (χ2n) is 7.84. The van der Waals surface area contributed by atoms with Crippen molar-refractivity contribution in [1.29, 1.82) is 0 Å². The molecule has 4 aromatic rings. The molecule has 7 heteroatoms. The number of methoxy groups -OCH3 is 1. The molecule has 1 aliphatic heterocycles. The summed E-state index contributed by atoms with van der Waals surface area (Å²) in [7, 11) is 1.62. The first-order chi connectivity index (χ1) is 17.1. The third-order valence-electron chi connectivity index (χ3n) is 5.68. The Hall–Kier alpha value is -4.49. The molecule has 2 heterocycles. The van der Waals surface area contributed by atoms with E-state index in [4.69, 9.17) is 17.0 Å². The average Bonchev–Trinajstić information content (AvgIpc) is 3.37. The van der Waals surface area contributed by atoms with Crippen molar-refractivity contribution in [2.75, 3.05) is 16.9 Å². The van der Waals surface area contributed by atoms with E-state index in [1.807, 2.05) is 83.7 Å². The van der Waals surface area contributed by atoms with Crippen LogP contribution in [0.4, 0.5) is 11.4 Å². The molecule has 0 N–H and O–H groups in total. The number of thiocarbonyl (C=S) groups is 1. The van der Waals surface area contributed by atoms with Gasteiger partial charge in [-0.1, -0.05) is 36.4 Å². The maximum absolute atomic E-state index is 13.6. The van der Waals surface area contributed by atoms with Crippen LogP contribution < -0.4 is 14.5 Å². The molecule has 0 spiro atoms. The summed E-state index contributed by atoms with van der Waals surface area (Å²) in [6.07, 6.45) is 5.35. The van der Waals surface area contributed by atoms with Crippen LogP contribution in [0.3, 0.4) is 0 Å². The molecule has 1 aliphatic rings. The van der Waals surface area contributed by atoms with Crippen LogP contribution in [0.15, 0.2) is 109 Å². The van der Waals surface area contributed by atoms with Gasteiger partial charge in [-0.3, -0.25) is 19.4 Å². The SMILES string of the molecule is COc1ccc(-n2ccc(C=C3C(=O)N(c4ccccc4)C(=S)N(c4ccccc4)C3=O)c2)cc1. The zero-order valence-electron chi connectivity index (χ0n) is 18.9. The molecule has 35 heavy (non-hydrogen) atoms. The van der Waals surface area contributed by atoms with Gasteiger partial charge in [0.1, 0.15) is 11.3 Å². The summed E-state index contributed by atoms with van der Waals surface area (Å²) in [5.41, 5.74) is 2.86.